The number of pyridine rings is 1. The average Bonchev–Trinajstić information content (AvgIpc) is 2.81. The molecule has 1 fully saturated rings. The summed E-state index contributed by atoms with van der Waals surface area (Å²) in [5.41, 5.74) is 1.75. The van der Waals surface area contributed by atoms with Crippen molar-refractivity contribution < 1.29 is 14.3 Å². The second-order valence-corrected chi connectivity index (χ2v) is 7.28. The number of nitrogens with zero attached hydrogens (tertiary/aromatic N) is 5. The smallest absolute Gasteiger partial charge is 0.244 e. The number of piperazine rings is 1. The van der Waals surface area contributed by atoms with Gasteiger partial charge in [-0.25, -0.2) is 9.99 Å². The molecule has 0 unspecified atom stereocenters. The van der Waals surface area contributed by atoms with Crippen LogP contribution in [0.4, 0.5) is 5.82 Å². The molecule has 2 aromatic rings. The molecule has 0 N–H and O–H groups in total. The van der Waals surface area contributed by atoms with Gasteiger partial charge in [-0.3, -0.25) is 9.59 Å². The molecule has 2 amide bonds. The number of amides is 2. The molecule has 0 radical (unpaired) electrons. The van der Waals surface area contributed by atoms with Gasteiger partial charge in [-0.2, -0.15) is 5.10 Å². The van der Waals surface area contributed by atoms with Crippen LogP contribution in [0.1, 0.15) is 18.4 Å². The minimum atomic E-state index is -0.118. The number of hydrazone groups is 1. The SMILES string of the molecule is COc1ccc(C2=NN(CC(=O)N3CCN(c4ccccn4)CC3)C(=O)CC2)cc1. The number of methoxy groups -OCH3 is 1. The molecule has 8 heteroatoms. The third kappa shape index (κ3) is 4.42. The minimum absolute atomic E-state index is 0.0257. The van der Waals surface area contributed by atoms with Gasteiger partial charge in [-0.15, -0.1) is 0 Å². The lowest BCUT2D eigenvalue weighted by Gasteiger charge is -2.36. The van der Waals surface area contributed by atoms with Crippen molar-refractivity contribution >= 4 is 23.3 Å². The summed E-state index contributed by atoms with van der Waals surface area (Å²) in [7, 11) is 1.62. The number of ether oxygens (including phenoxy) is 1. The highest BCUT2D eigenvalue weighted by atomic mass is 16.5. The van der Waals surface area contributed by atoms with Crippen LogP contribution >= 0.6 is 0 Å². The zero-order chi connectivity index (χ0) is 20.9. The monoisotopic (exact) mass is 407 g/mol. The van der Waals surface area contributed by atoms with Gasteiger partial charge in [0.05, 0.1) is 12.8 Å². The molecule has 1 aromatic heterocycles. The molecule has 0 aliphatic carbocycles. The number of hydrogen-bond donors (Lipinski definition) is 0. The molecule has 0 bridgehead atoms. The van der Waals surface area contributed by atoms with Crippen molar-refractivity contribution in [1.29, 1.82) is 0 Å². The van der Waals surface area contributed by atoms with E-state index in [2.05, 4.69) is 15.0 Å². The summed E-state index contributed by atoms with van der Waals surface area (Å²) in [6.07, 6.45) is 2.69. The lowest BCUT2D eigenvalue weighted by atomic mass is 10.0. The molecule has 0 saturated carbocycles. The molecular weight excluding hydrogens is 382 g/mol. The predicted molar refractivity (Wildman–Crippen MR) is 114 cm³/mol. The number of hydrogen-bond acceptors (Lipinski definition) is 6. The van der Waals surface area contributed by atoms with Gasteiger partial charge in [0.1, 0.15) is 18.1 Å². The van der Waals surface area contributed by atoms with E-state index in [4.69, 9.17) is 4.74 Å². The zero-order valence-electron chi connectivity index (χ0n) is 17.0. The van der Waals surface area contributed by atoms with Gasteiger partial charge in [-0.1, -0.05) is 6.07 Å². The van der Waals surface area contributed by atoms with Crippen molar-refractivity contribution in [3.05, 3.63) is 54.2 Å². The van der Waals surface area contributed by atoms with Crippen molar-refractivity contribution in [1.82, 2.24) is 14.9 Å². The highest BCUT2D eigenvalue weighted by Crippen LogP contribution is 2.19. The van der Waals surface area contributed by atoms with Crippen LogP contribution in [0.3, 0.4) is 0 Å². The van der Waals surface area contributed by atoms with E-state index >= 15 is 0 Å². The van der Waals surface area contributed by atoms with Crippen LogP contribution in [-0.4, -0.2) is 72.3 Å². The van der Waals surface area contributed by atoms with Crippen molar-refractivity contribution in [2.75, 3.05) is 44.7 Å². The molecule has 156 valence electrons. The Morgan fingerprint density at radius 1 is 1.03 bits per heavy atom. The molecule has 1 saturated heterocycles. The predicted octanol–water partition coefficient (Wildman–Crippen LogP) is 1.77. The average molecular weight is 407 g/mol. The number of aromatic nitrogens is 1. The Balaban J connectivity index is 1.37. The molecule has 30 heavy (non-hydrogen) atoms. The van der Waals surface area contributed by atoms with Crippen LogP contribution in [-0.2, 0) is 9.59 Å². The Bertz CT molecular complexity index is 922. The van der Waals surface area contributed by atoms with Gasteiger partial charge < -0.3 is 14.5 Å². The van der Waals surface area contributed by atoms with Crippen molar-refractivity contribution in [2.24, 2.45) is 5.10 Å². The van der Waals surface area contributed by atoms with Crippen molar-refractivity contribution in [2.45, 2.75) is 12.8 Å². The number of carbonyl (C=O) groups excluding carboxylic acids is 2. The highest BCUT2D eigenvalue weighted by Gasteiger charge is 2.27. The number of benzene rings is 1. The zero-order valence-corrected chi connectivity index (χ0v) is 17.0. The van der Waals surface area contributed by atoms with E-state index in [0.717, 1.165) is 35.9 Å². The maximum absolute atomic E-state index is 12.8. The van der Waals surface area contributed by atoms with Crippen LogP contribution < -0.4 is 9.64 Å². The molecule has 2 aliphatic rings. The number of anilines is 1. The molecule has 1 aromatic carbocycles. The van der Waals surface area contributed by atoms with Gasteiger partial charge in [0, 0.05) is 45.2 Å². The van der Waals surface area contributed by atoms with Gasteiger partial charge in [-0.05, 0) is 42.0 Å². The summed E-state index contributed by atoms with van der Waals surface area (Å²) in [6, 6.07) is 13.4. The highest BCUT2D eigenvalue weighted by molar-refractivity contribution is 6.04. The fourth-order valence-electron chi connectivity index (χ4n) is 3.67. The van der Waals surface area contributed by atoms with Crippen molar-refractivity contribution in [3.63, 3.8) is 0 Å². The van der Waals surface area contributed by atoms with Gasteiger partial charge in [0.2, 0.25) is 11.8 Å². The van der Waals surface area contributed by atoms with E-state index in [1.54, 1.807) is 18.2 Å². The van der Waals surface area contributed by atoms with Crippen LogP contribution in [0, 0.1) is 0 Å². The van der Waals surface area contributed by atoms with Gasteiger partial charge in [0.15, 0.2) is 0 Å². The van der Waals surface area contributed by atoms with E-state index in [0.29, 0.717) is 25.9 Å². The molecule has 0 spiro atoms. The summed E-state index contributed by atoms with van der Waals surface area (Å²) in [5.74, 6) is 1.49. The number of rotatable bonds is 5. The van der Waals surface area contributed by atoms with Gasteiger partial charge >= 0.3 is 0 Å². The minimum Gasteiger partial charge on any atom is -0.497 e. The molecular formula is C22H25N5O3. The normalized spacial score (nSPS) is 17.0. The first-order chi connectivity index (χ1) is 14.6. The maximum atomic E-state index is 12.8. The van der Waals surface area contributed by atoms with Crippen LogP contribution in [0.2, 0.25) is 0 Å². The van der Waals surface area contributed by atoms with Crippen LogP contribution in [0.25, 0.3) is 0 Å². The lowest BCUT2D eigenvalue weighted by molar-refractivity contribution is -0.141. The Kier molecular flexibility index (Phi) is 5.92. The summed E-state index contributed by atoms with van der Waals surface area (Å²) in [5, 5.41) is 5.79. The Hall–Kier alpha value is -3.42. The first-order valence-electron chi connectivity index (χ1n) is 10.1. The first kappa shape index (κ1) is 19.9. The molecule has 3 heterocycles. The third-order valence-electron chi connectivity index (χ3n) is 5.42. The fraction of sp³-hybridized carbons (Fsp3) is 0.364. The van der Waals surface area contributed by atoms with Gasteiger partial charge in [0.25, 0.3) is 0 Å². The van der Waals surface area contributed by atoms with E-state index < -0.39 is 0 Å². The Morgan fingerprint density at radius 2 is 1.80 bits per heavy atom. The second-order valence-electron chi connectivity index (χ2n) is 7.28. The molecule has 2 aliphatic heterocycles. The van der Waals surface area contributed by atoms with E-state index in [1.165, 1.54) is 5.01 Å². The van der Waals surface area contributed by atoms with E-state index in [-0.39, 0.29) is 18.4 Å². The van der Waals surface area contributed by atoms with E-state index in [9.17, 15) is 9.59 Å². The molecule has 4 rings (SSSR count). The van der Waals surface area contributed by atoms with Crippen LogP contribution in [0.5, 0.6) is 5.75 Å². The Labute approximate surface area is 175 Å². The lowest BCUT2D eigenvalue weighted by Crippen LogP contribution is -2.51. The Morgan fingerprint density at radius 3 is 2.47 bits per heavy atom. The second kappa shape index (κ2) is 8.94. The molecule has 0 atom stereocenters. The topological polar surface area (TPSA) is 78.3 Å². The van der Waals surface area contributed by atoms with Crippen molar-refractivity contribution in [3.8, 4) is 5.75 Å². The summed E-state index contributed by atoms with van der Waals surface area (Å²) < 4.78 is 5.19. The largest absolute Gasteiger partial charge is 0.497 e. The fourth-order valence-corrected chi connectivity index (χ4v) is 3.67. The first-order valence-corrected chi connectivity index (χ1v) is 10.1. The quantitative estimate of drug-likeness (QED) is 0.755. The summed E-state index contributed by atoms with van der Waals surface area (Å²) in [6.45, 7) is 2.62. The van der Waals surface area contributed by atoms with E-state index in [1.807, 2.05) is 42.5 Å². The molecule has 8 nitrogen and oxygen atoms in total. The third-order valence-corrected chi connectivity index (χ3v) is 5.42. The summed E-state index contributed by atoms with van der Waals surface area (Å²) in [4.78, 5) is 33.5. The standard InChI is InChI=1S/C22H25N5O3/c1-30-18-7-5-17(6-8-18)19-9-10-21(28)27(24-19)16-22(29)26-14-12-25(13-15-26)20-4-2-3-11-23-20/h2-8,11H,9-10,12-16H2,1H3. The number of carbonyl (C=O) groups is 2. The maximum Gasteiger partial charge on any atom is 0.244 e. The van der Waals surface area contributed by atoms with Crippen LogP contribution in [0.15, 0.2) is 53.8 Å². The summed E-state index contributed by atoms with van der Waals surface area (Å²) >= 11 is 0.